The summed E-state index contributed by atoms with van der Waals surface area (Å²) < 4.78 is 0.369. The Hall–Kier alpha value is -2.99. The number of hydrazone groups is 1. The van der Waals surface area contributed by atoms with Crippen LogP contribution in [0.5, 0.6) is 5.75 Å². The number of thioether (sulfide) groups is 1. The molecule has 2 rings (SSSR count). The maximum Gasteiger partial charge on any atom is 0.312 e. The minimum atomic E-state index is -0.739. The smallest absolute Gasteiger partial charge is 0.312 e. The second kappa shape index (κ2) is 9.09. The number of rotatable bonds is 7. The van der Waals surface area contributed by atoms with Crippen LogP contribution in [0.3, 0.4) is 0 Å². The van der Waals surface area contributed by atoms with Crippen LogP contribution in [0.1, 0.15) is 5.56 Å². The molecule has 1 amide bonds. The number of phenols is 1. The number of amides is 1. The van der Waals surface area contributed by atoms with Crippen LogP contribution in [-0.4, -0.2) is 32.8 Å². The van der Waals surface area contributed by atoms with Gasteiger partial charge in [-0.1, -0.05) is 15.9 Å². The van der Waals surface area contributed by atoms with E-state index in [1.807, 2.05) is 0 Å². The van der Waals surface area contributed by atoms with Gasteiger partial charge in [0.2, 0.25) is 11.7 Å². The first-order chi connectivity index (χ1) is 12.8. The van der Waals surface area contributed by atoms with Crippen LogP contribution in [0.4, 0.5) is 11.4 Å². The molecule has 0 saturated carbocycles. The average molecular weight is 455 g/mol. The van der Waals surface area contributed by atoms with E-state index >= 15 is 0 Å². The number of phenolic OH excluding ortho intramolecular Hbond substituents is 1. The molecule has 27 heavy (non-hydrogen) atoms. The highest BCUT2D eigenvalue weighted by atomic mass is 79.9. The topological polar surface area (TPSA) is 148 Å². The Morgan fingerprint density at radius 1 is 1.22 bits per heavy atom. The van der Waals surface area contributed by atoms with Gasteiger partial charge in [0, 0.05) is 33.1 Å². The molecule has 2 N–H and O–H groups in total. The van der Waals surface area contributed by atoms with Crippen molar-refractivity contribution in [2.75, 3.05) is 5.75 Å². The first-order valence-electron chi connectivity index (χ1n) is 7.14. The Labute approximate surface area is 164 Å². The van der Waals surface area contributed by atoms with E-state index in [4.69, 9.17) is 0 Å². The number of nitro groups is 2. The highest BCUT2D eigenvalue weighted by molar-refractivity contribution is 9.10. The molecule has 0 radical (unpaired) electrons. The quantitative estimate of drug-likeness (QED) is 0.282. The number of non-ortho nitro benzene ring substituents is 1. The van der Waals surface area contributed by atoms with Gasteiger partial charge in [-0.3, -0.25) is 25.0 Å². The molecule has 0 saturated heterocycles. The number of hydrogen-bond donors (Lipinski definition) is 2. The summed E-state index contributed by atoms with van der Waals surface area (Å²) in [4.78, 5) is 32.6. The first kappa shape index (κ1) is 20.3. The lowest BCUT2D eigenvalue weighted by molar-refractivity contribution is -0.386. The lowest BCUT2D eigenvalue weighted by atomic mass is 10.2. The van der Waals surface area contributed by atoms with E-state index in [1.54, 1.807) is 0 Å². The van der Waals surface area contributed by atoms with Crippen molar-refractivity contribution in [3.63, 3.8) is 0 Å². The summed E-state index contributed by atoms with van der Waals surface area (Å²) >= 11 is 4.24. The van der Waals surface area contributed by atoms with Gasteiger partial charge in [0.25, 0.3) is 5.69 Å². The number of aromatic hydroxyl groups is 1. The van der Waals surface area contributed by atoms with E-state index in [0.717, 1.165) is 24.0 Å². The lowest BCUT2D eigenvalue weighted by Gasteiger charge is -2.03. The predicted molar refractivity (Wildman–Crippen MR) is 102 cm³/mol. The summed E-state index contributed by atoms with van der Waals surface area (Å²) in [6, 6.07) is 8.27. The molecule has 0 aliphatic heterocycles. The van der Waals surface area contributed by atoms with Gasteiger partial charge in [-0.15, -0.1) is 11.8 Å². The molecule has 0 aromatic heterocycles. The molecule has 2 aromatic rings. The number of nitrogens with one attached hydrogen (secondary N) is 1. The van der Waals surface area contributed by atoms with Crippen molar-refractivity contribution in [2.45, 2.75) is 4.90 Å². The predicted octanol–water partition coefficient (Wildman–Crippen LogP) is 3.21. The van der Waals surface area contributed by atoms with Crippen molar-refractivity contribution in [3.05, 3.63) is 66.7 Å². The molecule has 0 spiro atoms. The van der Waals surface area contributed by atoms with Gasteiger partial charge in [0.05, 0.1) is 21.8 Å². The summed E-state index contributed by atoms with van der Waals surface area (Å²) in [5.41, 5.74) is 1.75. The number of nitrogens with zero attached hydrogens (tertiary/aromatic N) is 3. The zero-order valence-electron chi connectivity index (χ0n) is 13.4. The molecule has 0 atom stereocenters. The van der Waals surface area contributed by atoms with Gasteiger partial charge in [0.1, 0.15) is 0 Å². The number of benzene rings is 2. The van der Waals surface area contributed by atoms with Crippen molar-refractivity contribution < 1.29 is 19.7 Å². The van der Waals surface area contributed by atoms with Crippen LogP contribution >= 0.6 is 27.7 Å². The van der Waals surface area contributed by atoms with Gasteiger partial charge >= 0.3 is 5.69 Å². The molecule has 0 unspecified atom stereocenters. The Balaban J connectivity index is 1.93. The van der Waals surface area contributed by atoms with E-state index in [-0.39, 0.29) is 17.0 Å². The zero-order chi connectivity index (χ0) is 20.0. The zero-order valence-corrected chi connectivity index (χ0v) is 15.8. The van der Waals surface area contributed by atoms with E-state index in [9.17, 15) is 30.1 Å². The first-order valence-corrected chi connectivity index (χ1v) is 8.92. The maximum atomic E-state index is 11.8. The average Bonchev–Trinajstić information content (AvgIpc) is 2.62. The van der Waals surface area contributed by atoms with Crippen molar-refractivity contribution in [1.29, 1.82) is 0 Å². The van der Waals surface area contributed by atoms with Crippen molar-refractivity contribution in [2.24, 2.45) is 5.10 Å². The summed E-state index contributed by atoms with van der Waals surface area (Å²) in [6.45, 7) is 0. The third-order valence-corrected chi connectivity index (χ3v) is 4.56. The fraction of sp³-hybridized carbons (Fsp3) is 0.0667. The van der Waals surface area contributed by atoms with Gasteiger partial charge in [-0.25, -0.2) is 5.43 Å². The highest BCUT2D eigenvalue weighted by Crippen LogP contribution is 2.32. The SMILES string of the molecule is O=C(CSc1ccc([N+](=O)[O-])cc1)N/N=C\c1cc(Br)cc([N+](=O)[O-])c1O. The van der Waals surface area contributed by atoms with Crippen LogP contribution in [0.25, 0.3) is 0 Å². The van der Waals surface area contributed by atoms with Crippen LogP contribution in [0.2, 0.25) is 0 Å². The van der Waals surface area contributed by atoms with Gasteiger partial charge in [-0.05, 0) is 18.2 Å². The van der Waals surface area contributed by atoms with Gasteiger partial charge in [0.15, 0.2) is 0 Å². The number of carbonyl (C=O) groups is 1. The molecule has 0 fully saturated rings. The largest absolute Gasteiger partial charge is 0.502 e. The van der Waals surface area contributed by atoms with E-state index in [2.05, 4.69) is 26.5 Å². The molecule has 12 heteroatoms. The molecule has 140 valence electrons. The standard InChI is InChI=1S/C15H11BrN4O6S/c16-10-5-9(15(22)13(6-10)20(25)26)7-17-18-14(21)8-27-12-3-1-11(2-4-12)19(23)24/h1-7,22H,8H2,(H,18,21)/b17-7-. The number of hydrogen-bond acceptors (Lipinski definition) is 8. The third-order valence-electron chi connectivity index (χ3n) is 3.09. The van der Waals surface area contributed by atoms with Gasteiger partial charge in [-0.2, -0.15) is 5.10 Å². The lowest BCUT2D eigenvalue weighted by Crippen LogP contribution is -2.19. The molecular weight excluding hydrogens is 444 g/mol. The normalized spacial score (nSPS) is 10.7. The Kier molecular flexibility index (Phi) is 6.85. The summed E-state index contributed by atoms with van der Waals surface area (Å²) in [5, 5.41) is 34.9. The number of carbonyl (C=O) groups excluding carboxylic acids is 1. The summed E-state index contributed by atoms with van der Waals surface area (Å²) in [5.74, 6) is -1.03. The van der Waals surface area contributed by atoms with Crippen molar-refractivity contribution in [3.8, 4) is 5.75 Å². The number of halogens is 1. The molecule has 2 aromatic carbocycles. The minimum absolute atomic E-state index is 0.000233. The van der Waals surface area contributed by atoms with Crippen molar-refractivity contribution in [1.82, 2.24) is 5.43 Å². The molecule has 0 aliphatic carbocycles. The van der Waals surface area contributed by atoms with Crippen LogP contribution < -0.4 is 5.43 Å². The van der Waals surface area contributed by atoms with E-state index in [1.165, 1.54) is 30.3 Å². The monoisotopic (exact) mass is 454 g/mol. The molecule has 0 bridgehead atoms. The second-order valence-corrected chi connectivity index (χ2v) is 6.92. The van der Waals surface area contributed by atoms with E-state index in [0.29, 0.717) is 9.37 Å². The van der Waals surface area contributed by atoms with Gasteiger partial charge < -0.3 is 5.11 Å². The second-order valence-electron chi connectivity index (χ2n) is 4.95. The molecule has 0 aliphatic rings. The summed E-state index contributed by atoms with van der Waals surface area (Å²) in [6.07, 6.45) is 1.08. The van der Waals surface area contributed by atoms with Crippen LogP contribution in [-0.2, 0) is 4.79 Å². The Morgan fingerprint density at radius 2 is 1.89 bits per heavy atom. The molecule has 10 nitrogen and oxygen atoms in total. The van der Waals surface area contributed by atoms with Crippen LogP contribution in [0.15, 0.2) is 50.9 Å². The fourth-order valence-corrected chi connectivity index (χ4v) is 3.02. The van der Waals surface area contributed by atoms with Crippen LogP contribution in [0, 0.1) is 20.2 Å². The third kappa shape index (κ3) is 5.76. The highest BCUT2D eigenvalue weighted by Gasteiger charge is 2.17. The minimum Gasteiger partial charge on any atom is -0.502 e. The molecular formula is C15H11BrN4O6S. The Bertz CT molecular complexity index is 919. The fourth-order valence-electron chi connectivity index (χ4n) is 1.86. The van der Waals surface area contributed by atoms with E-state index < -0.39 is 27.2 Å². The Morgan fingerprint density at radius 3 is 2.48 bits per heavy atom. The molecule has 0 heterocycles. The summed E-state index contributed by atoms with van der Waals surface area (Å²) in [7, 11) is 0. The maximum absolute atomic E-state index is 11.8. The number of nitro benzene ring substituents is 2. The van der Waals surface area contributed by atoms with Crippen molar-refractivity contribution >= 4 is 51.2 Å².